The van der Waals surface area contributed by atoms with Crippen LogP contribution in [0.2, 0.25) is 0 Å². The molecular formula is C18H19F3N6O. The van der Waals surface area contributed by atoms with Gasteiger partial charge in [-0.2, -0.15) is 13.2 Å². The molecular weight excluding hydrogens is 373 g/mol. The van der Waals surface area contributed by atoms with E-state index in [4.69, 9.17) is 11.6 Å². The Morgan fingerprint density at radius 3 is 2.71 bits per heavy atom. The fraction of sp³-hybridized carbons (Fsp3) is 0.278. The van der Waals surface area contributed by atoms with E-state index < -0.39 is 23.7 Å². The van der Waals surface area contributed by atoms with Crippen molar-refractivity contribution in [3.8, 4) is 0 Å². The fourth-order valence-electron chi connectivity index (χ4n) is 3.06. The van der Waals surface area contributed by atoms with Gasteiger partial charge in [0.05, 0.1) is 29.2 Å². The molecule has 1 aliphatic rings. The largest absolute Gasteiger partial charge is 0.416 e. The number of anilines is 1. The highest BCUT2D eigenvalue weighted by Crippen LogP contribution is 2.31. The molecule has 0 saturated heterocycles. The monoisotopic (exact) mass is 392 g/mol. The molecule has 0 aliphatic carbocycles. The van der Waals surface area contributed by atoms with Crippen molar-refractivity contribution in [1.82, 2.24) is 14.9 Å². The summed E-state index contributed by atoms with van der Waals surface area (Å²) in [5, 5.41) is 1.31. The van der Waals surface area contributed by atoms with E-state index in [-0.39, 0.29) is 12.1 Å². The first-order valence-electron chi connectivity index (χ1n) is 8.47. The van der Waals surface area contributed by atoms with Crippen LogP contribution in [0.1, 0.15) is 29.3 Å². The first kappa shape index (κ1) is 19.6. The molecule has 1 amide bonds. The maximum Gasteiger partial charge on any atom is 0.416 e. The SMILES string of the molecule is CC1C(N)=C(N(N)c2cnccn2)CCN1C(=O)c1cccc(C(F)(F)F)c1. The Balaban J connectivity index is 1.85. The van der Waals surface area contributed by atoms with Crippen molar-refractivity contribution in [1.29, 1.82) is 0 Å². The molecule has 28 heavy (non-hydrogen) atoms. The van der Waals surface area contributed by atoms with Crippen molar-refractivity contribution in [3.05, 3.63) is 65.4 Å². The van der Waals surface area contributed by atoms with Gasteiger partial charge in [0, 0.05) is 30.9 Å². The van der Waals surface area contributed by atoms with Gasteiger partial charge in [0.15, 0.2) is 5.82 Å². The molecule has 2 aromatic rings. The summed E-state index contributed by atoms with van der Waals surface area (Å²) in [6.45, 7) is 1.95. The van der Waals surface area contributed by atoms with Crippen molar-refractivity contribution >= 4 is 11.7 Å². The predicted molar refractivity (Wildman–Crippen MR) is 96.5 cm³/mol. The van der Waals surface area contributed by atoms with E-state index in [0.717, 1.165) is 12.1 Å². The Morgan fingerprint density at radius 2 is 2.07 bits per heavy atom. The number of hydrogen-bond acceptors (Lipinski definition) is 6. The summed E-state index contributed by atoms with van der Waals surface area (Å²) < 4.78 is 38.8. The van der Waals surface area contributed by atoms with E-state index in [0.29, 0.717) is 23.6 Å². The van der Waals surface area contributed by atoms with Gasteiger partial charge < -0.3 is 10.6 Å². The van der Waals surface area contributed by atoms with Crippen molar-refractivity contribution in [3.63, 3.8) is 0 Å². The van der Waals surface area contributed by atoms with Crippen LogP contribution in [0.3, 0.4) is 0 Å². The third-order valence-electron chi connectivity index (χ3n) is 4.63. The topological polar surface area (TPSA) is 101 Å². The first-order valence-corrected chi connectivity index (χ1v) is 8.47. The number of nitrogens with two attached hydrogens (primary N) is 2. The van der Waals surface area contributed by atoms with Crippen molar-refractivity contribution in [2.75, 3.05) is 11.6 Å². The number of amides is 1. The summed E-state index contributed by atoms with van der Waals surface area (Å²) in [5.74, 6) is 5.96. The number of halogens is 3. The van der Waals surface area contributed by atoms with Crippen LogP contribution in [0.5, 0.6) is 0 Å². The summed E-state index contributed by atoms with van der Waals surface area (Å²) in [7, 11) is 0. The number of nitrogens with zero attached hydrogens (tertiary/aromatic N) is 4. The summed E-state index contributed by atoms with van der Waals surface area (Å²) >= 11 is 0. The normalized spacial score (nSPS) is 17.6. The lowest BCUT2D eigenvalue weighted by Gasteiger charge is -2.37. The maximum atomic E-state index is 12.9. The van der Waals surface area contributed by atoms with E-state index in [1.807, 2.05) is 0 Å². The van der Waals surface area contributed by atoms with E-state index in [2.05, 4.69) is 9.97 Å². The minimum absolute atomic E-state index is 0.0449. The van der Waals surface area contributed by atoms with E-state index >= 15 is 0 Å². The number of aromatic nitrogens is 2. The van der Waals surface area contributed by atoms with Gasteiger partial charge in [0.25, 0.3) is 5.91 Å². The van der Waals surface area contributed by atoms with Crippen LogP contribution in [-0.4, -0.2) is 33.4 Å². The number of benzene rings is 1. The standard InChI is InChI=1S/C18H19F3N6O/c1-11-16(22)14(27(23)15-10-24-6-7-25-15)5-8-26(11)17(28)12-3-2-4-13(9-12)18(19,20)21/h2-4,6-7,9-11H,5,8,22-23H2,1H3. The maximum absolute atomic E-state index is 12.9. The van der Waals surface area contributed by atoms with Crippen LogP contribution < -0.4 is 16.6 Å². The molecule has 148 valence electrons. The van der Waals surface area contributed by atoms with Gasteiger partial charge in [-0.3, -0.25) is 14.8 Å². The van der Waals surface area contributed by atoms with Crippen LogP contribution in [0.15, 0.2) is 54.3 Å². The minimum atomic E-state index is -4.52. The van der Waals surface area contributed by atoms with Crippen LogP contribution in [0, 0.1) is 0 Å². The molecule has 0 spiro atoms. The Hall–Kier alpha value is -3.14. The molecule has 3 rings (SSSR count). The molecule has 4 N–H and O–H groups in total. The Kier molecular flexibility index (Phi) is 5.23. The van der Waals surface area contributed by atoms with E-state index in [1.54, 1.807) is 6.92 Å². The molecule has 1 aromatic heterocycles. The number of carbonyl (C=O) groups is 1. The van der Waals surface area contributed by atoms with Gasteiger partial charge in [-0.05, 0) is 25.1 Å². The second-order valence-electron chi connectivity index (χ2n) is 6.34. The van der Waals surface area contributed by atoms with Gasteiger partial charge in [-0.25, -0.2) is 10.8 Å². The lowest BCUT2D eigenvalue weighted by molar-refractivity contribution is -0.137. The number of alkyl halides is 3. The highest BCUT2D eigenvalue weighted by atomic mass is 19.4. The zero-order valence-electron chi connectivity index (χ0n) is 15.0. The number of hydrazine groups is 1. The average Bonchev–Trinajstić information content (AvgIpc) is 2.69. The molecule has 0 fully saturated rings. The summed E-state index contributed by atoms with van der Waals surface area (Å²) in [5.41, 5.74) is 6.22. The van der Waals surface area contributed by atoms with E-state index in [9.17, 15) is 18.0 Å². The van der Waals surface area contributed by atoms with Crippen LogP contribution in [0.4, 0.5) is 19.0 Å². The summed E-state index contributed by atoms with van der Waals surface area (Å²) in [6.07, 6.45) is 0.279. The lowest BCUT2D eigenvalue weighted by Crippen LogP contribution is -2.49. The molecule has 0 bridgehead atoms. The number of hydrogen-bond donors (Lipinski definition) is 2. The molecule has 0 saturated carbocycles. The quantitative estimate of drug-likeness (QED) is 0.614. The predicted octanol–water partition coefficient (Wildman–Crippen LogP) is 2.28. The molecule has 7 nitrogen and oxygen atoms in total. The lowest BCUT2D eigenvalue weighted by atomic mass is 10.0. The molecule has 2 heterocycles. The molecule has 1 unspecified atom stereocenters. The molecule has 1 aromatic carbocycles. The fourth-order valence-corrected chi connectivity index (χ4v) is 3.06. The summed E-state index contributed by atoms with van der Waals surface area (Å²) in [4.78, 5) is 22.3. The first-order chi connectivity index (χ1) is 13.2. The Bertz CT molecular complexity index is 900. The Labute approximate surface area is 159 Å². The third-order valence-corrected chi connectivity index (χ3v) is 4.63. The van der Waals surface area contributed by atoms with Crippen molar-refractivity contribution < 1.29 is 18.0 Å². The van der Waals surface area contributed by atoms with Crippen LogP contribution in [-0.2, 0) is 6.18 Å². The smallest absolute Gasteiger partial charge is 0.399 e. The van der Waals surface area contributed by atoms with Gasteiger partial charge in [0.2, 0.25) is 0 Å². The van der Waals surface area contributed by atoms with Gasteiger partial charge in [-0.15, -0.1) is 0 Å². The number of rotatable bonds is 3. The highest BCUT2D eigenvalue weighted by molar-refractivity contribution is 5.95. The Morgan fingerprint density at radius 1 is 1.32 bits per heavy atom. The van der Waals surface area contributed by atoms with E-state index in [1.165, 1.54) is 40.6 Å². The zero-order chi connectivity index (χ0) is 20.5. The molecule has 0 radical (unpaired) electrons. The van der Waals surface area contributed by atoms with Gasteiger partial charge in [0.1, 0.15) is 0 Å². The zero-order valence-corrected chi connectivity index (χ0v) is 15.0. The second kappa shape index (κ2) is 7.47. The molecule has 1 aliphatic heterocycles. The van der Waals surface area contributed by atoms with Crippen LogP contribution >= 0.6 is 0 Å². The minimum Gasteiger partial charge on any atom is -0.399 e. The van der Waals surface area contributed by atoms with Gasteiger partial charge in [-0.1, -0.05) is 6.07 Å². The van der Waals surface area contributed by atoms with Gasteiger partial charge >= 0.3 is 6.18 Å². The van der Waals surface area contributed by atoms with Crippen molar-refractivity contribution in [2.45, 2.75) is 25.6 Å². The molecule has 10 heteroatoms. The van der Waals surface area contributed by atoms with Crippen molar-refractivity contribution in [2.24, 2.45) is 11.6 Å². The second-order valence-corrected chi connectivity index (χ2v) is 6.34. The average molecular weight is 392 g/mol. The van der Waals surface area contributed by atoms with Crippen LogP contribution in [0.25, 0.3) is 0 Å². The molecule has 1 atom stereocenters. The summed E-state index contributed by atoms with van der Waals surface area (Å²) in [6, 6.07) is 3.79. The highest BCUT2D eigenvalue weighted by Gasteiger charge is 2.34. The number of carbonyl (C=O) groups excluding carboxylic acids is 1. The third kappa shape index (κ3) is 3.77.